The number of rotatable bonds is 2. The average molecular weight is 242 g/mol. The Labute approximate surface area is 95.1 Å². The molecule has 3 nitrogen and oxygen atoms in total. The zero-order chi connectivity index (χ0) is 12.5. The first kappa shape index (κ1) is 11.7. The fourth-order valence-electron chi connectivity index (χ4n) is 1.39. The van der Waals surface area contributed by atoms with Gasteiger partial charge in [-0.05, 0) is 12.1 Å². The first-order valence-electron chi connectivity index (χ1n) is 4.83. The molecule has 0 bridgehead atoms. The first-order valence-corrected chi connectivity index (χ1v) is 4.83. The second kappa shape index (κ2) is 4.21. The molecule has 0 aliphatic carbocycles. The Hall–Kier alpha value is -1.82. The Balaban J connectivity index is 2.39. The molecule has 90 valence electrons. The SMILES string of the molecule is NCc1ncc(-c2cccc(C(F)(F)F)c2)o1. The van der Waals surface area contributed by atoms with E-state index < -0.39 is 11.7 Å². The Morgan fingerprint density at radius 2 is 2.06 bits per heavy atom. The average Bonchev–Trinajstić information content (AvgIpc) is 2.76. The summed E-state index contributed by atoms with van der Waals surface area (Å²) in [6, 6.07) is 4.86. The molecule has 0 amide bonds. The fourth-order valence-corrected chi connectivity index (χ4v) is 1.39. The number of halogens is 3. The Bertz CT molecular complexity index is 519. The van der Waals surface area contributed by atoms with Gasteiger partial charge in [-0.2, -0.15) is 13.2 Å². The van der Waals surface area contributed by atoms with Crippen LogP contribution >= 0.6 is 0 Å². The molecule has 0 spiro atoms. The summed E-state index contributed by atoms with van der Waals surface area (Å²) < 4.78 is 42.6. The van der Waals surface area contributed by atoms with Crippen molar-refractivity contribution in [3.05, 3.63) is 41.9 Å². The number of nitrogens with two attached hydrogens (primary N) is 1. The van der Waals surface area contributed by atoms with Crippen LogP contribution in [0.1, 0.15) is 11.5 Å². The Morgan fingerprint density at radius 3 is 2.65 bits per heavy atom. The predicted molar refractivity (Wildman–Crippen MR) is 54.8 cm³/mol. The third kappa shape index (κ3) is 2.47. The van der Waals surface area contributed by atoms with Gasteiger partial charge in [0, 0.05) is 5.56 Å². The molecule has 2 aromatic rings. The van der Waals surface area contributed by atoms with E-state index in [1.165, 1.54) is 18.3 Å². The molecule has 0 fully saturated rings. The highest BCUT2D eigenvalue weighted by Gasteiger charge is 2.30. The lowest BCUT2D eigenvalue weighted by Gasteiger charge is -2.07. The second-order valence-electron chi connectivity index (χ2n) is 3.40. The zero-order valence-corrected chi connectivity index (χ0v) is 8.66. The third-order valence-electron chi connectivity index (χ3n) is 2.20. The minimum atomic E-state index is -4.37. The quantitative estimate of drug-likeness (QED) is 0.880. The van der Waals surface area contributed by atoms with Gasteiger partial charge >= 0.3 is 6.18 Å². The van der Waals surface area contributed by atoms with E-state index in [1.54, 1.807) is 0 Å². The lowest BCUT2D eigenvalue weighted by Crippen LogP contribution is -2.04. The largest absolute Gasteiger partial charge is 0.439 e. The van der Waals surface area contributed by atoms with E-state index in [-0.39, 0.29) is 18.2 Å². The monoisotopic (exact) mass is 242 g/mol. The first-order chi connectivity index (χ1) is 8.00. The van der Waals surface area contributed by atoms with Crippen LogP contribution in [0.15, 0.2) is 34.9 Å². The van der Waals surface area contributed by atoms with Crippen LogP contribution in [0.2, 0.25) is 0 Å². The summed E-state index contributed by atoms with van der Waals surface area (Å²) in [5.41, 5.74) is 4.91. The molecule has 0 saturated carbocycles. The summed E-state index contributed by atoms with van der Waals surface area (Å²) in [6.07, 6.45) is -3.01. The van der Waals surface area contributed by atoms with Crippen molar-refractivity contribution in [1.82, 2.24) is 4.98 Å². The van der Waals surface area contributed by atoms with E-state index in [0.29, 0.717) is 5.56 Å². The van der Waals surface area contributed by atoms with Crippen molar-refractivity contribution in [1.29, 1.82) is 0 Å². The number of hydrogen-bond acceptors (Lipinski definition) is 3. The molecule has 0 radical (unpaired) electrons. The van der Waals surface area contributed by atoms with Gasteiger partial charge in [0.2, 0.25) is 5.89 Å². The van der Waals surface area contributed by atoms with Gasteiger partial charge in [-0.1, -0.05) is 12.1 Å². The van der Waals surface area contributed by atoms with Gasteiger partial charge in [0.05, 0.1) is 18.3 Å². The standard InChI is InChI=1S/C11H9F3N2O/c12-11(13,14)8-3-1-2-7(4-8)9-6-16-10(5-15)17-9/h1-4,6H,5,15H2. The minimum Gasteiger partial charge on any atom is -0.439 e. The van der Waals surface area contributed by atoms with Gasteiger partial charge in [0.15, 0.2) is 5.76 Å². The third-order valence-corrected chi connectivity index (χ3v) is 2.20. The van der Waals surface area contributed by atoms with Crippen molar-refractivity contribution in [3.8, 4) is 11.3 Å². The van der Waals surface area contributed by atoms with Gasteiger partial charge in [0.25, 0.3) is 0 Å². The molecule has 6 heteroatoms. The van der Waals surface area contributed by atoms with E-state index >= 15 is 0 Å². The molecule has 0 saturated heterocycles. The van der Waals surface area contributed by atoms with Crippen molar-refractivity contribution in [2.75, 3.05) is 0 Å². The van der Waals surface area contributed by atoms with Gasteiger partial charge in [-0.15, -0.1) is 0 Å². The molecule has 2 rings (SSSR count). The molecule has 17 heavy (non-hydrogen) atoms. The number of hydrogen-bond donors (Lipinski definition) is 1. The zero-order valence-electron chi connectivity index (χ0n) is 8.66. The van der Waals surface area contributed by atoms with Gasteiger partial charge in [0.1, 0.15) is 0 Å². The van der Waals surface area contributed by atoms with Gasteiger partial charge < -0.3 is 10.2 Å². The van der Waals surface area contributed by atoms with Crippen LogP contribution in [-0.2, 0) is 12.7 Å². The minimum absolute atomic E-state index is 0.110. The maximum absolute atomic E-state index is 12.5. The van der Waals surface area contributed by atoms with Gasteiger partial charge in [-0.25, -0.2) is 4.98 Å². The topological polar surface area (TPSA) is 52.0 Å². The predicted octanol–water partition coefficient (Wildman–Crippen LogP) is 2.82. The van der Waals surface area contributed by atoms with E-state index in [2.05, 4.69) is 4.98 Å². The van der Waals surface area contributed by atoms with Crippen LogP contribution in [0, 0.1) is 0 Å². The fraction of sp³-hybridized carbons (Fsp3) is 0.182. The summed E-state index contributed by atoms with van der Waals surface area (Å²) in [4.78, 5) is 3.83. The number of benzene rings is 1. The highest BCUT2D eigenvalue weighted by molar-refractivity contribution is 5.57. The summed E-state index contributed by atoms with van der Waals surface area (Å²) in [6.45, 7) is 0.110. The lowest BCUT2D eigenvalue weighted by molar-refractivity contribution is -0.137. The summed E-state index contributed by atoms with van der Waals surface area (Å²) in [5, 5.41) is 0. The lowest BCUT2D eigenvalue weighted by atomic mass is 10.1. The van der Waals surface area contributed by atoms with E-state index in [4.69, 9.17) is 10.2 Å². The van der Waals surface area contributed by atoms with E-state index in [0.717, 1.165) is 12.1 Å². The maximum Gasteiger partial charge on any atom is 0.416 e. The number of alkyl halides is 3. The molecular formula is C11H9F3N2O. The van der Waals surface area contributed by atoms with Crippen LogP contribution < -0.4 is 5.73 Å². The van der Waals surface area contributed by atoms with Crippen molar-refractivity contribution >= 4 is 0 Å². The maximum atomic E-state index is 12.5. The number of aromatic nitrogens is 1. The Kier molecular flexibility index (Phi) is 2.89. The number of nitrogens with zero attached hydrogens (tertiary/aromatic N) is 1. The molecule has 1 heterocycles. The van der Waals surface area contributed by atoms with Crippen molar-refractivity contribution in [3.63, 3.8) is 0 Å². The van der Waals surface area contributed by atoms with Crippen LogP contribution in [0.25, 0.3) is 11.3 Å². The van der Waals surface area contributed by atoms with Crippen molar-refractivity contribution < 1.29 is 17.6 Å². The molecule has 1 aromatic heterocycles. The molecular weight excluding hydrogens is 233 g/mol. The van der Waals surface area contributed by atoms with Crippen molar-refractivity contribution in [2.45, 2.75) is 12.7 Å². The van der Waals surface area contributed by atoms with Gasteiger partial charge in [-0.3, -0.25) is 0 Å². The van der Waals surface area contributed by atoms with Crippen molar-refractivity contribution in [2.24, 2.45) is 5.73 Å². The molecule has 0 aliphatic rings. The molecule has 1 aromatic carbocycles. The molecule has 0 atom stereocenters. The number of oxazole rings is 1. The van der Waals surface area contributed by atoms with Crippen LogP contribution in [-0.4, -0.2) is 4.98 Å². The van der Waals surface area contributed by atoms with Crippen LogP contribution in [0.4, 0.5) is 13.2 Å². The highest BCUT2D eigenvalue weighted by Crippen LogP contribution is 2.32. The van der Waals surface area contributed by atoms with Crippen LogP contribution in [0.5, 0.6) is 0 Å². The van der Waals surface area contributed by atoms with E-state index in [9.17, 15) is 13.2 Å². The van der Waals surface area contributed by atoms with Crippen LogP contribution in [0.3, 0.4) is 0 Å². The highest BCUT2D eigenvalue weighted by atomic mass is 19.4. The normalized spacial score (nSPS) is 11.8. The summed E-state index contributed by atoms with van der Waals surface area (Å²) in [5.74, 6) is 0.564. The Morgan fingerprint density at radius 1 is 1.29 bits per heavy atom. The van der Waals surface area contributed by atoms with E-state index in [1.807, 2.05) is 0 Å². The summed E-state index contributed by atoms with van der Waals surface area (Å²) >= 11 is 0. The second-order valence-corrected chi connectivity index (χ2v) is 3.40. The molecule has 0 unspecified atom stereocenters. The smallest absolute Gasteiger partial charge is 0.416 e. The molecule has 0 aliphatic heterocycles. The summed E-state index contributed by atoms with van der Waals surface area (Å²) in [7, 11) is 0. The molecule has 2 N–H and O–H groups in total.